The van der Waals surface area contributed by atoms with Crippen molar-refractivity contribution in [2.75, 3.05) is 6.54 Å². The molecule has 0 aromatic carbocycles. The molecule has 10 heteroatoms. The molecule has 0 aromatic heterocycles. The van der Waals surface area contributed by atoms with Crippen molar-refractivity contribution in [3.8, 4) is 0 Å². The maximum Gasteiger partial charge on any atom is 0.332 e. The van der Waals surface area contributed by atoms with Crippen molar-refractivity contribution in [1.29, 1.82) is 0 Å². The van der Waals surface area contributed by atoms with E-state index in [0.717, 1.165) is 0 Å². The van der Waals surface area contributed by atoms with Gasteiger partial charge in [-0.05, 0) is 6.42 Å². The van der Waals surface area contributed by atoms with E-state index >= 15 is 0 Å². The third-order valence-corrected chi connectivity index (χ3v) is 3.92. The topological polar surface area (TPSA) is 165 Å². The Morgan fingerprint density at radius 3 is 2.44 bits per heavy atom. The number of nitrogens with one attached hydrogen (secondary N) is 2. The van der Waals surface area contributed by atoms with Crippen LogP contribution in [0.3, 0.4) is 0 Å². The molecule has 0 bridgehead atoms. The van der Waals surface area contributed by atoms with Crippen LogP contribution in [0.1, 0.15) is 33.1 Å². The summed E-state index contributed by atoms with van der Waals surface area (Å²) in [7, 11) is 0. The van der Waals surface area contributed by atoms with E-state index in [2.05, 4.69) is 10.6 Å². The van der Waals surface area contributed by atoms with Gasteiger partial charge in [-0.2, -0.15) is 0 Å². The molecule has 25 heavy (non-hydrogen) atoms. The van der Waals surface area contributed by atoms with Crippen LogP contribution < -0.4 is 10.6 Å². The summed E-state index contributed by atoms with van der Waals surface area (Å²) in [6, 6.07) is -1.09. The van der Waals surface area contributed by atoms with Crippen LogP contribution in [0.25, 0.3) is 0 Å². The molecule has 2 amide bonds. The van der Waals surface area contributed by atoms with Gasteiger partial charge in [-0.15, -0.1) is 0 Å². The first-order valence-electron chi connectivity index (χ1n) is 8.13. The van der Waals surface area contributed by atoms with Gasteiger partial charge < -0.3 is 35.8 Å². The molecule has 0 radical (unpaired) electrons. The second kappa shape index (κ2) is 9.66. The number of carboxylic acid groups (broad SMARTS) is 1. The Balaban J connectivity index is 2.91. The number of amides is 2. The van der Waals surface area contributed by atoms with Gasteiger partial charge in [-0.1, -0.05) is 6.92 Å². The van der Waals surface area contributed by atoms with Gasteiger partial charge in [0.1, 0.15) is 12.2 Å². The Kier molecular flexibility index (Phi) is 8.23. The lowest BCUT2D eigenvalue weighted by Crippen LogP contribution is -2.64. The number of carboxylic acids is 1. The zero-order valence-electron chi connectivity index (χ0n) is 14.2. The van der Waals surface area contributed by atoms with Gasteiger partial charge in [-0.3, -0.25) is 9.59 Å². The summed E-state index contributed by atoms with van der Waals surface area (Å²) < 4.78 is 5.30. The highest BCUT2D eigenvalue weighted by Gasteiger charge is 2.46. The lowest BCUT2D eigenvalue weighted by molar-refractivity contribution is -0.193. The molecule has 10 nitrogen and oxygen atoms in total. The number of aliphatic hydroxyl groups excluding tert-OH is 3. The number of hydrogen-bond donors (Lipinski definition) is 6. The van der Waals surface area contributed by atoms with E-state index in [1.54, 1.807) is 6.92 Å². The summed E-state index contributed by atoms with van der Waals surface area (Å²) in [5, 5.41) is 44.4. The molecule has 1 unspecified atom stereocenters. The van der Waals surface area contributed by atoms with E-state index < -0.39 is 54.3 Å². The van der Waals surface area contributed by atoms with Crippen molar-refractivity contribution in [3.05, 3.63) is 0 Å². The summed E-state index contributed by atoms with van der Waals surface area (Å²) >= 11 is 0. The molecule has 1 heterocycles. The van der Waals surface area contributed by atoms with Gasteiger partial charge in [0.25, 0.3) is 0 Å². The van der Waals surface area contributed by atoms with Crippen molar-refractivity contribution in [2.45, 2.75) is 69.7 Å². The van der Waals surface area contributed by atoms with Crippen LogP contribution >= 0.6 is 0 Å². The minimum Gasteiger partial charge on any atom is -0.479 e. The number of rotatable bonds is 8. The SMILES string of the molecule is CCCC(=O)N[C@H]1[C@H]([C@H](O)[C@H](O)CNC(C)=O)OC(C(=O)O)C[C@@H]1O. The molecule has 1 aliphatic rings. The largest absolute Gasteiger partial charge is 0.479 e. The van der Waals surface area contributed by atoms with Gasteiger partial charge in [-0.25, -0.2) is 4.79 Å². The normalized spacial score (nSPS) is 28.7. The third kappa shape index (κ3) is 6.24. The minimum absolute atomic E-state index is 0.183. The number of hydrogen-bond acceptors (Lipinski definition) is 7. The van der Waals surface area contributed by atoms with Crippen LogP contribution in [0.15, 0.2) is 0 Å². The highest BCUT2D eigenvalue weighted by molar-refractivity contribution is 5.76. The van der Waals surface area contributed by atoms with Crippen molar-refractivity contribution in [3.63, 3.8) is 0 Å². The molecule has 0 saturated carbocycles. The molecule has 6 atom stereocenters. The Morgan fingerprint density at radius 2 is 1.92 bits per heavy atom. The van der Waals surface area contributed by atoms with E-state index in [1.165, 1.54) is 6.92 Å². The molecular formula is C15H26N2O8. The first kappa shape index (κ1) is 21.3. The summed E-state index contributed by atoms with van der Waals surface area (Å²) in [5.74, 6) is -2.14. The molecule has 1 saturated heterocycles. The summed E-state index contributed by atoms with van der Waals surface area (Å²) in [5.41, 5.74) is 0. The van der Waals surface area contributed by atoms with Gasteiger partial charge in [0.15, 0.2) is 6.10 Å². The van der Waals surface area contributed by atoms with Crippen LogP contribution in [0.2, 0.25) is 0 Å². The molecule has 0 spiro atoms. The maximum atomic E-state index is 11.8. The average molecular weight is 362 g/mol. The first-order chi connectivity index (χ1) is 11.7. The zero-order valence-corrected chi connectivity index (χ0v) is 14.2. The molecule has 0 aromatic rings. The molecule has 1 rings (SSSR count). The van der Waals surface area contributed by atoms with Gasteiger partial charge in [0.2, 0.25) is 11.8 Å². The molecular weight excluding hydrogens is 336 g/mol. The lowest BCUT2D eigenvalue weighted by Gasteiger charge is -2.41. The fourth-order valence-corrected chi connectivity index (χ4v) is 2.62. The van der Waals surface area contributed by atoms with E-state index in [9.17, 15) is 29.7 Å². The quantitative estimate of drug-likeness (QED) is 0.281. The van der Waals surface area contributed by atoms with E-state index in [-0.39, 0.29) is 19.4 Å². The summed E-state index contributed by atoms with van der Waals surface area (Å²) in [4.78, 5) is 33.9. The van der Waals surface area contributed by atoms with Crippen LogP contribution in [-0.4, -0.2) is 81.3 Å². The molecule has 0 aliphatic carbocycles. The van der Waals surface area contributed by atoms with Gasteiger partial charge in [0, 0.05) is 26.3 Å². The Morgan fingerprint density at radius 1 is 1.28 bits per heavy atom. The van der Waals surface area contributed by atoms with Crippen LogP contribution in [-0.2, 0) is 19.1 Å². The van der Waals surface area contributed by atoms with Crippen LogP contribution in [0, 0.1) is 0 Å². The molecule has 1 fully saturated rings. The predicted molar refractivity (Wildman–Crippen MR) is 84.5 cm³/mol. The van der Waals surface area contributed by atoms with Crippen LogP contribution in [0.4, 0.5) is 0 Å². The maximum absolute atomic E-state index is 11.8. The second-order valence-corrected chi connectivity index (χ2v) is 6.07. The van der Waals surface area contributed by atoms with E-state index in [0.29, 0.717) is 6.42 Å². The van der Waals surface area contributed by atoms with Crippen LogP contribution in [0.5, 0.6) is 0 Å². The highest BCUT2D eigenvalue weighted by Crippen LogP contribution is 2.24. The molecule has 1 aliphatic heterocycles. The number of carbonyl (C=O) groups excluding carboxylic acids is 2. The van der Waals surface area contributed by atoms with E-state index in [4.69, 9.17) is 9.84 Å². The third-order valence-electron chi connectivity index (χ3n) is 3.92. The molecule has 6 N–H and O–H groups in total. The Bertz CT molecular complexity index is 486. The Hall–Kier alpha value is -1.75. The minimum atomic E-state index is -1.63. The number of aliphatic hydroxyl groups is 3. The fourth-order valence-electron chi connectivity index (χ4n) is 2.62. The van der Waals surface area contributed by atoms with Gasteiger partial charge in [0.05, 0.1) is 18.2 Å². The zero-order chi connectivity index (χ0) is 19.1. The van der Waals surface area contributed by atoms with Crippen molar-refractivity contribution >= 4 is 17.8 Å². The standard InChI is InChI=1S/C15H26N2O8/c1-3-4-11(21)17-12-8(19)5-10(15(23)24)25-14(12)13(22)9(20)6-16-7(2)18/h8-10,12-14,19-20,22H,3-6H2,1-2H3,(H,16,18)(H,17,21)(H,23,24)/t8-,9+,10?,12+,13+,14+/m0/s1. The summed E-state index contributed by atoms with van der Waals surface area (Å²) in [6.45, 7) is 2.73. The average Bonchev–Trinajstić information content (AvgIpc) is 2.53. The van der Waals surface area contributed by atoms with Crippen molar-refractivity contribution in [1.82, 2.24) is 10.6 Å². The monoisotopic (exact) mass is 362 g/mol. The van der Waals surface area contributed by atoms with E-state index in [1.807, 2.05) is 0 Å². The number of carbonyl (C=O) groups is 3. The smallest absolute Gasteiger partial charge is 0.332 e. The highest BCUT2D eigenvalue weighted by atomic mass is 16.5. The molecule has 144 valence electrons. The van der Waals surface area contributed by atoms with Gasteiger partial charge >= 0.3 is 5.97 Å². The Labute approximate surface area is 145 Å². The predicted octanol–water partition coefficient (Wildman–Crippen LogP) is -2.27. The second-order valence-electron chi connectivity index (χ2n) is 6.07. The first-order valence-corrected chi connectivity index (χ1v) is 8.13. The summed E-state index contributed by atoms with van der Waals surface area (Å²) in [6.07, 6.45) is -6.64. The fraction of sp³-hybridized carbons (Fsp3) is 0.800. The van der Waals surface area contributed by atoms with Crippen molar-refractivity contribution < 1.29 is 39.5 Å². The lowest BCUT2D eigenvalue weighted by atomic mass is 9.90. The number of ether oxygens (including phenoxy) is 1. The van der Waals surface area contributed by atoms with Crippen molar-refractivity contribution in [2.24, 2.45) is 0 Å². The number of aliphatic carboxylic acids is 1.